The van der Waals surface area contributed by atoms with Crippen LogP contribution in [0.2, 0.25) is 0 Å². The molecule has 0 aliphatic carbocycles. The number of hydrogen-bond acceptors (Lipinski definition) is 4. The van der Waals surface area contributed by atoms with Crippen molar-refractivity contribution < 1.29 is 4.74 Å². The van der Waals surface area contributed by atoms with Gasteiger partial charge in [-0.2, -0.15) is 12.6 Å². The fourth-order valence-corrected chi connectivity index (χ4v) is 2.77. The van der Waals surface area contributed by atoms with Crippen LogP contribution in [0.1, 0.15) is 10.6 Å². The van der Waals surface area contributed by atoms with Crippen LogP contribution >= 0.6 is 24.0 Å². The second kappa shape index (κ2) is 5.48. The van der Waals surface area contributed by atoms with Crippen molar-refractivity contribution in [1.29, 1.82) is 0 Å². The van der Waals surface area contributed by atoms with Crippen molar-refractivity contribution in [2.45, 2.75) is 12.4 Å². The first-order valence-corrected chi connectivity index (χ1v) is 6.44. The molecule has 1 heterocycles. The van der Waals surface area contributed by atoms with E-state index in [1.165, 1.54) is 4.88 Å². The van der Waals surface area contributed by atoms with Crippen LogP contribution in [-0.4, -0.2) is 12.1 Å². The van der Waals surface area contributed by atoms with Gasteiger partial charge in [-0.25, -0.2) is 4.98 Å². The maximum atomic E-state index is 5.13. The molecule has 0 amide bonds. The number of thiazole rings is 1. The van der Waals surface area contributed by atoms with Crippen molar-refractivity contribution in [2.75, 3.05) is 7.11 Å². The largest absolute Gasteiger partial charge is 0.378 e. The van der Waals surface area contributed by atoms with E-state index in [-0.39, 0.29) is 0 Å². The molecule has 0 saturated heterocycles. The van der Waals surface area contributed by atoms with Gasteiger partial charge >= 0.3 is 0 Å². The summed E-state index contributed by atoms with van der Waals surface area (Å²) in [5.41, 5.74) is 2.15. The zero-order chi connectivity index (χ0) is 11.4. The lowest BCUT2D eigenvalue weighted by atomic mass is 10.2. The lowest BCUT2D eigenvalue weighted by Crippen LogP contribution is -1.91. The summed E-state index contributed by atoms with van der Waals surface area (Å²) in [6, 6.07) is 10.2. The number of hydrogen-bond donors (Lipinski definition) is 1. The Hall–Kier alpha value is -0.840. The Morgan fingerprint density at radius 1 is 1.31 bits per heavy atom. The number of aromatic nitrogens is 1. The van der Waals surface area contributed by atoms with Crippen LogP contribution in [0.3, 0.4) is 0 Å². The predicted octanol–water partition coefficient (Wildman–Crippen LogP) is 3.39. The number of ether oxygens (including phenoxy) is 1. The lowest BCUT2D eigenvalue weighted by Gasteiger charge is -1.95. The maximum Gasteiger partial charge on any atom is 0.124 e. The Kier molecular flexibility index (Phi) is 3.98. The van der Waals surface area contributed by atoms with Gasteiger partial charge < -0.3 is 4.74 Å². The molecule has 0 fully saturated rings. The monoisotopic (exact) mass is 251 g/mol. The van der Waals surface area contributed by atoms with Crippen molar-refractivity contribution in [1.82, 2.24) is 4.98 Å². The van der Waals surface area contributed by atoms with Crippen LogP contribution in [0.5, 0.6) is 0 Å². The van der Waals surface area contributed by atoms with Crippen LogP contribution in [0.15, 0.2) is 30.3 Å². The Balaban J connectivity index is 2.36. The molecule has 0 saturated carbocycles. The van der Waals surface area contributed by atoms with E-state index >= 15 is 0 Å². The second-order valence-corrected chi connectivity index (χ2v) is 4.75. The molecule has 0 radical (unpaired) electrons. The van der Waals surface area contributed by atoms with Crippen LogP contribution in [0.4, 0.5) is 0 Å². The van der Waals surface area contributed by atoms with Gasteiger partial charge in [0.15, 0.2) is 0 Å². The van der Waals surface area contributed by atoms with Crippen molar-refractivity contribution >= 4 is 24.0 Å². The molecule has 0 spiro atoms. The normalized spacial score (nSPS) is 10.6. The van der Waals surface area contributed by atoms with E-state index in [9.17, 15) is 0 Å². The topological polar surface area (TPSA) is 22.1 Å². The first-order chi connectivity index (χ1) is 7.85. The fourth-order valence-electron chi connectivity index (χ4n) is 1.46. The number of benzene rings is 1. The molecule has 1 aromatic heterocycles. The molecule has 2 rings (SSSR count). The summed E-state index contributed by atoms with van der Waals surface area (Å²) in [5.74, 6) is 0.712. The van der Waals surface area contributed by atoms with E-state index < -0.39 is 0 Å². The van der Waals surface area contributed by atoms with Gasteiger partial charge in [0.1, 0.15) is 5.01 Å². The van der Waals surface area contributed by atoms with Gasteiger partial charge in [0, 0.05) is 23.3 Å². The van der Waals surface area contributed by atoms with E-state index in [4.69, 9.17) is 4.74 Å². The number of methoxy groups -OCH3 is 1. The Morgan fingerprint density at radius 3 is 2.69 bits per heavy atom. The van der Waals surface area contributed by atoms with Gasteiger partial charge in [0.05, 0.1) is 12.3 Å². The van der Waals surface area contributed by atoms with Crippen molar-refractivity contribution in [3.05, 3.63) is 40.9 Å². The lowest BCUT2D eigenvalue weighted by molar-refractivity contribution is 0.181. The van der Waals surface area contributed by atoms with Gasteiger partial charge in [-0.3, -0.25) is 0 Å². The van der Waals surface area contributed by atoms with Crippen LogP contribution in [0.25, 0.3) is 10.6 Å². The van der Waals surface area contributed by atoms with E-state index in [2.05, 4.69) is 29.7 Å². The highest BCUT2D eigenvalue weighted by atomic mass is 32.1. The molecule has 0 aliphatic rings. The first kappa shape index (κ1) is 11.6. The third-order valence-corrected chi connectivity index (χ3v) is 3.90. The Morgan fingerprint density at radius 2 is 2.06 bits per heavy atom. The second-order valence-electron chi connectivity index (χ2n) is 3.35. The van der Waals surface area contributed by atoms with Crippen LogP contribution in [-0.2, 0) is 17.1 Å². The van der Waals surface area contributed by atoms with E-state index in [1.807, 2.05) is 18.2 Å². The van der Waals surface area contributed by atoms with Crippen LogP contribution in [0, 0.1) is 0 Å². The SMILES string of the molecule is COCc1nc(-c2ccccc2)sc1CS. The highest BCUT2D eigenvalue weighted by Gasteiger charge is 2.10. The molecule has 0 N–H and O–H groups in total. The summed E-state index contributed by atoms with van der Waals surface area (Å²) in [6.07, 6.45) is 0. The highest BCUT2D eigenvalue weighted by molar-refractivity contribution is 7.79. The van der Waals surface area contributed by atoms with E-state index in [0.717, 1.165) is 16.3 Å². The molecule has 84 valence electrons. The van der Waals surface area contributed by atoms with Crippen molar-refractivity contribution in [3.8, 4) is 10.6 Å². The first-order valence-electron chi connectivity index (χ1n) is 4.99. The quantitative estimate of drug-likeness (QED) is 0.841. The summed E-state index contributed by atoms with van der Waals surface area (Å²) in [7, 11) is 1.68. The smallest absolute Gasteiger partial charge is 0.124 e. The third kappa shape index (κ3) is 2.45. The average molecular weight is 251 g/mol. The fraction of sp³-hybridized carbons (Fsp3) is 0.250. The molecular weight excluding hydrogens is 238 g/mol. The van der Waals surface area contributed by atoms with Crippen LogP contribution < -0.4 is 0 Å². The summed E-state index contributed by atoms with van der Waals surface area (Å²) in [5, 5.41) is 1.04. The predicted molar refractivity (Wildman–Crippen MR) is 71.0 cm³/mol. The highest BCUT2D eigenvalue weighted by Crippen LogP contribution is 2.29. The molecule has 1 aromatic carbocycles. The molecule has 0 atom stereocenters. The molecule has 0 bridgehead atoms. The minimum atomic E-state index is 0.555. The minimum absolute atomic E-state index is 0.555. The molecule has 4 heteroatoms. The van der Waals surface area contributed by atoms with Crippen molar-refractivity contribution in [3.63, 3.8) is 0 Å². The Bertz CT molecular complexity index is 453. The number of thiol groups is 1. The van der Waals surface area contributed by atoms with Gasteiger partial charge in [-0.1, -0.05) is 30.3 Å². The third-order valence-electron chi connectivity index (χ3n) is 2.22. The summed E-state index contributed by atoms with van der Waals surface area (Å²) >= 11 is 6.00. The summed E-state index contributed by atoms with van der Waals surface area (Å²) in [6.45, 7) is 0.555. The summed E-state index contributed by atoms with van der Waals surface area (Å²) in [4.78, 5) is 5.77. The zero-order valence-corrected chi connectivity index (χ0v) is 10.7. The summed E-state index contributed by atoms with van der Waals surface area (Å²) < 4.78 is 5.13. The molecule has 0 aliphatic heterocycles. The molecule has 16 heavy (non-hydrogen) atoms. The minimum Gasteiger partial charge on any atom is -0.378 e. The molecule has 0 unspecified atom stereocenters. The Labute approximate surface area is 105 Å². The van der Waals surface area contributed by atoms with Crippen molar-refractivity contribution in [2.24, 2.45) is 0 Å². The van der Waals surface area contributed by atoms with Gasteiger partial charge in [0.2, 0.25) is 0 Å². The molecule has 2 aromatic rings. The van der Waals surface area contributed by atoms with Gasteiger partial charge in [0.25, 0.3) is 0 Å². The molecule has 2 nitrogen and oxygen atoms in total. The standard InChI is InChI=1S/C12H13NOS2/c1-14-7-10-11(8-15)16-12(13-10)9-5-3-2-4-6-9/h2-6,15H,7-8H2,1H3. The van der Waals surface area contributed by atoms with Gasteiger partial charge in [-0.15, -0.1) is 11.3 Å². The average Bonchev–Trinajstić information content (AvgIpc) is 2.74. The van der Waals surface area contributed by atoms with Gasteiger partial charge in [-0.05, 0) is 0 Å². The van der Waals surface area contributed by atoms with E-state index in [1.54, 1.807) is 18.4 Å². The maximum absolute atomic E-state index is 5.13. The van der Waals surface area contributed by atoms with E-state index in [0.29, 0.717) is 12.4 Å². The zero-order valence-electron chi connectivity index (χ0n) is 9.01. The number of rotatable bonds is 4. The number of nitrogens with zero attached hydrogens (tertiary/aromatic N) is 1. The molecular formula is C12H13NOS2.